The molecule has 104 valence electrons. The lowest BCUT2D eigenvalue weighted by molar-refractivity contribution is 0.774. The number of hydrogen-bond donors (Lipinski definition) is 1. The van der Waals surface area contributed by atoms with Gasteiger partial charge in [-0.2, -0.15) is 25.3 Å². The van der Waals surface area contributed by atoms with Crippen LogP contribution in [0.3, 0.4) is 0 Å². The van der Waals surface area contributed by atoms with Crippen LogP contribution >= 0.6 is 0 Å². The summed E-state index contributed by atoms with van der Waals surface area (Å²) in [5.41, 5.74) is 0. The van der Waals surface area contributed by atoms with Crippen molar-refractivity contribution in [3.63, 3.8) is 0 Å². The van der Waals surface area contributed by atoms with Crippen molar-refractivity contribution in [3.05, 3.63) is 18.5 Å². The first-order chi connectivity index (χ1) is 9.74. The average molecular weight is 272 g/mol. The lowest BCUT2D eigenvalue weighted by Gasteiger charge is -2.16. The van der Waals surface area contributed by atoms with Crippen LogP contribution < -0.4 is 10.2 Å². The number of nitrogens with one attached hydrogen (secondary N) is 1. The quantitative estimate of drug-likeness (QED) is 0.832. The van der Waals surface area contributed by atoms with Gasteiger partial charge in [0.1, 0.15) is 0 Å². The Kier molecular flexibility index (Phi) is 4.44. The third-order valence-corrected chi connectivity index (χ3v) is 2.56. The maximum Gasteiger partial charge on any atom is 0.257 e. The SMILES string of the molecule is CCNc1nc(N(C)CCC#N)nc(-n2cccn2)n1. The Hall–Kier alpha value is -2.69. The highest BCUT2D eigenvalue weighted by molar-refractivity contribution is 5.39. The van der Waals surface area contributed by atoms with E-state index in [1.807, 2.05) is 18.9 Å². The summed E-state index contributed by atoms with van der Waals surface area (Å²) in [6.45, 7) is 3.24. The molecule has 0 unspecified atom stereocenters. The summed E-state index contributed by atoms with van der Waals surface area (Å²) in [4.78, 5) is 14.8. The van der Waals surface area contributed by atoms with Crippen LogP contribution in [0, 0.1) is 11.3 Å². The number of nitriles is 1. The predicted molar refractivity (Wildman–Crippen MR) is 74.6 cm³/mol. The van der Waals surface area contributed by atoms with Gasteiger partial charge in [-0.3, -0.25) is 0 Å². The van der Waals surface area contributed by atoms with E-state index in [0.717, 1.165) is 0 Å². The number of hydrogen-bond acceptors (Lipinski definition) is 7. The van der Waals surface area contributed by atoms with Crippen LogP contribution in [0.5, 0.6) is 0 Å². The van der Waals surface area contributed by atoms with Gasteiger partial charge in [-0.25, -0.2) is 4.68 Å². The van der Waals surface area contributed by atoms with Gasteiger partial charge in [0.2, 0.25) is 11.9 Å². The second kappa shape index (κ2) is 6.47. The summed E-state index contributed by atoms with van der Waals surface area (Å²) < 4.78 is 1.57. The summed E-state index contributed by atoms with van der Waals surface area (Å²) in [6.07, 6.45) is 3.84. The minimum Gasteiger partial charge on any atom is -0.354 e. The second-order valence-corrected chi connectivity index (χ2v) is 4.07. The minimum absolute atomic E-state index is 0.413. The fourth-order valence-corrected chi connectivity index (χ4v) is 1.57. The molecule has 0 aromatic carbocycles. The Labute approximate surface area is 117 Å². The van der Waals surface area contributed by atoms with E-state index in [2.05, 4.69) is 31.4 Å². The maximum atomic E-state index is 8.65. The molecule has 8 nitrogen and oxygen atoms in total. The molecular formula is C12H16N8. The van der Waals surface area contributed by atoms with Crippen molar-refractivity contribution in [2.45, 2.75) is 13.3 Å². The first kappa shape index (κ1) is 13.7. The smallest absolute Gasteiger partial charge is 0.257 e. The van der Waals surface area contributed by atoms with Gasteiger partial charge < -0.3 is 10.2 Å². The molecule has 0 radical (unpaired) electrons. The first-order valence-electron chi connectivity index (χ1n) is 6.32. The van der Waals surface area contributed by atoms with E-state index < -0.39 is 0 Å². The molecule has 0 saturated heterocycles. The van der Waals surface area contributed by atoms with Gasteiger partial charge in [-0.1, -0.05) is 0 Å². The van der Waals surface area contributed by atoms with Crippen LogP contribution in [0.1, 0.15) is 13.3 Å². The van der Waals surface area contributed by atoms with E-state index in [0.29, 0.717) is 37.4 Å². The van der Waals surface area contributed by atoms with E-state index in [-0.39, 0.29) is 0 Å². The molecule has 0 fully saturated rings. The number of aromatic nitrogens is 5. The van der Waals surface area contributed by atoms with Crippen molar-refractivity contribution < 1.29 is 0 Å². The lowest BCUT2D eigenvalue weighted by atomic mass is 10.4. The zero-order valence-electron chi connectivity index (χ0n) is 11.5. The van der Waals surface area contributed by atoms with Crippen LogP contribution in [0.2, 0.25) is 0 Å². The fraction of sp³-hybridized carbons (Fsp3) is 0.417. The molecule has 8 heteroatoms. The molecule has 0 spiro atoms. The first-order valence-corrected chi connectivity index (χ1v) is 6.32. The minimum atomic E-state index is 0.413. The van der Waals surface area contributed by atoms with Crippen molar-refractivity contribution in [3.8, 4) is 12.0 Å². The summed E-state index contributed by atoms with van der Waals surface area (Å²) in [5, 5.41) is 15.8. The Bertz CT molecular complexity index is 586. The van der Waals surface area contributed by atoms with E-state index in [1.54, 1.807) is 23.1 Å². The molecule has 0 aliphatic heterocycles. The van der Waals surface area contributed by atoms with E-state index >= 15 is 0 Å². The number of nitrogens with zero attached hydrogens (tertiary/aromatic N) is 7. The zero-order valence-corrected chi connectivity index (χ0v) is 11.5. The molecule has 0 aliphatic carbocycles. The normalized spacial score (nSPS) is 10.1. The van der Waals surface area contributed by atoms with Crippen LogP contribution in [0.25, 0.3) is 5.95 Å². The molecule has 2 rings (SSSR count). The Morgan fingerprint density at radius 1 is 1.40 bits per heavy atom. The molecule has 1 N–H and O–H groups in total. The van der Waals surface area contributed by atoms with Gasteiger partial charge in [0.15, 0.2) is 0 Å². The van der Waals surface area contributed by atoms with E-state index in [4.69, 9.17) is 5.26 Å². The average Bonchev–Trinajstić information content (AvgIpc) is 2.99. The maximum absolute atomic E-state index is 8.65. The molecule has 0 saturated carbocycles. The predicted octanol–water partition coefficient (Wildman–Crippen LogP) is 0.839. The summed E-state index contributed by atoms with van der Waals surface area (Å²) in [7, 11) is 1.84. The van der Waals surface area contributed by atoms with E-state index in [1.165, 1.54) is 0 Å². The highest BCUT2D eigenvalue weighted by atomic mass is 15.4. The van der Waals surface area contributed by atoms with Gasteiger partial charge in [-0.05, 0) is 13.0 Å². The fourth-order valence-electron chi connectivity index (χ4n) is 1.57. The van der Waals surface area contributed by atoms with Crippen LogP contribution in [0.15, 0.2) is 18.5 Å². The second-order valence-electron chi connectivity index (χ2n) is 4.07. The third-order valence-electron chi connectivity index (χ3n) is 2.56. The Balaban J connectivity index is 2.33. The van der Waals surface area contributed by atoms with Gasteiger partial charge in [0, 0.05) is 32.5 Å². The Morgan fingerprint density at radius 2 is 2.25 bits per heavy atom. The lowest BCUT2D eigenvalue weighted by Crippen LogP contribution is -2.23. The van der Waals surface area contributed by atoms with Gasteiger partial charge in [0.05, 0.1) is 12.5 Å². The van der Waals surface area contributed by atoms with Crippen LogP contribution in [-0.2, 0) is 0 Å². The largest absolute Gasteiger partial charge is 0.354 e. The zero-order chi connectivity index (χ0) is 14.4. The van der Waals surface area contributed by atoms with Crippen molar-refractivity contribution >= 4 is 11.9 Å². The summed E-state index contributed by atoms with van der Waals surface area (Å²) >= 11 is 0. The van der Waals surface area contributed by atoms with Crippen molar-refractivity contribution in [1.82, 2.24) is 24.7 Å². The number of anilines is 2. The molecular weight excluding hydrogens is 256 g/mol. The van der Waals surface area contributed by atoms with Crippen molar-refractivity contribution in [2.75, 3.05) is 30.4 Å². The van der Waals surface area contributed by atoms with Crippen molar-refractivity contribution in [1.29, 1.82) is 5.26 Å². The summed E-state index contributed by atoms with van der Waals surface area (Å²) in [6, 6.07) is 3.91. The monoisotopic (exact) mass is 272 g/mol. The highest BCUT2D eigenvalue weighted by Gasteiger charge is 2.11. The molecule has 0 atom stereocenters. The molecule has 2 aromatic rings. The molecule has 0 amide bonds. The molecule has 2 aromatic heterocycles. The van der Waals surface area contributed by atoms with E-state index in [9.17, 15) is 0 Å². The molecule has 0 bridgehead atoms. The topological polar surface area (TPSA) is 95.6 Å². The highest BCUT2D eigenvalue weighted by Crippen LogP contribution is 2.12. The van der Waals surface area contributed by atoms with Crippen LogP contribution in [-0.4, -0.2) is 44.9 Å². The van der Waals surface area contributed by atoms with Crippen LogP contribution in [0.4, 0.5) is 11.9 Å². The molecule has 0 aliphatic rings. The van der Waals surface area contributed by atoms with Crippen molar-refractivity contribution in [2.24, 2.45) is 0 Å². The van der Waals surface area contributed by atoms with Gasteiger partial charge in [-0.15, -0.1) is 0 Å². The number of rotatable bonds is 6. The molecule has 2 heterocycles. The third kappa shape index (κ3) is 3.20. The summed E-state index contributed by atoms with van der Waals surface area (Å²) in [5.74, 6) is 1.45. The molecule has 20 heavy (non-hydrogen) atoms. The Morgan fingerprint density at radius 3 is 2.90 bits per heavy atom. The standard InChI is InChI=1S/C12H16N8/c1-3-14-10-16-11(19(2)8-4-6-13)18-12(17-10)20-9-5-7-15-20/h5,7,9H,3-4,8H2,1-2H3,(H,14,16,17,18). The van der Waals surface area contributed by atoms with Gasteiger partial charge >= 0.3 is 0 Å². The van der Waals surface area contributed by atoms with Gasteiger partial charge in [0.25, 0.3) is 5.95 Å².